The summed E-state index contributed by atoms with van der Waals surface area (Å²) in [6, 6.07) is 2.31. The molecular weight excluding hydrogens is 226 g/mol. The molecule has 1 fully saturated rings. The molecule has 1 saturated carbocycles. The molecule has 1 N–H and O–H groups in total. The number of aliphatic hydroxyl groups is 1. The molecule has 0 radical (unpaired) electrons. The second kappa shape index (κ2) is 5.00. The van der Waals surface area contributed by atoms with Gasteiger partial charge in [-0.2, -0.15) is 0 Å². The second-order valence-electron chi connectivity index (χ2n) is 4.51. The zero-order valence-electron chi connectivity index (χ0n) is 9.75. The van der Waals surface area contributed by atoms with Crippen LogP contribution in [0.1, 0.15) is 37.2 Å². The lowest BCUT2D eigenvalue weighted by Gasteiger charge is -2.26. The van der Waals surface area contributed by atoms with Crippen LogP contribution >= 0.6 is 0 Å². The van der Waals surface area contributed by atoms with Gasteiger partial charge >= 0.3 is 0 Å². The highest BCUT2D eigenvalue weighted by atomic mass is 19.1. The molecular formula is C13H16F2O2. The van der Waals surface area contributed by atoms with E-state index in [0.717, 1.165) is 6.07 Å². The molecule has 1 aromatic rings. The molecule has 0 atom stereocenters. The van der Waals surface area contributed by atoms with Crippen LogP contribution in [0, 0.1) is 11.6 Å². The average molecular weight is 242 g/mol. The summed E-state index contributed by atoms with van der Waals surface area (Å²) in [6.45, 7) is 0. The fraction of sp³-hybridized carbons (Fsp3) is 0.538. The smallest absolute Gasteiger partial charge is 0.165 e. The molecule has 0 spiro atoms. The van der Waals surface area contributed by atoms with Gasteiger partial charge in [-0.1, -0.05) is 0 Å². The van der Waals surface area contributed by atoms with Crippen molar-refractivity contribution in [1.29, 1.82) is 0 Å². The molecule has 0 aromatic heterocycles. The van der Waals surface area contributed by atoms with Crippen molar-refractivity contribution in [2.75, 3.05) is 7.11 Å². The van der Waals surface area contributed by atoms with E-state index in [-0.39, 0.29) is 17.8 Å². The fourth-order valence-corrected chi connectivity index (χ4v) is 2.40. The topological polar surface area (TPSA) is 29.5 Å². The van der Waals surface area contributed by atoms with E-state index in [0.29, 0.717) is 31.2 Å². The maximum Gasteiger partial charge on any atom is 0.165 e. The maximum atomic E-state index is 13.8. The minimum atomic E-state index is -0.532. The van der Waals surface area contributed by atoms with Crippen LogP contribution in [0.2, 0.25) is 0 Å². The minimum absolute atomic E-state index is 0.00111. The van der Waals surface area contributed by atoms with Gasteiger partial charge in [0.15, 0.2) is 11.6 Å². The van der Waals surface area contributed by atoms with Gasteiger partial charge in [0.1, 0.15) is 5.82 Å². The van der Waals surface area contributed by atoms with E-state index in [1.807, 2.05) is 0 Å². The van der Waals surface area contributed by atoms with Crippen molar-refractivity contribution in [1.82, 2.24) is 0 Å². The van der Waals surface area contributed by atoms with Crippen molar-refractivity contribution in [3.63, 3.8) is 0 Å². The van der Waals surface area contributed by atoms with Gasteiger partial charge in [-0.3, -0.25) is 0 Å². The van der Waals surface area contributed by atoms with Crippen LogP contribution in [-0.4, -0.2) is 18.3 Å². The average Bonchev–Trinajstić information content (AvgIpc) is 2.33. The van der Waals surface area contributed by atoms with Crippen LogP contribution in [0.3, 0.4) is 0 Å². The van der Waals surface area contributed by atoms with E-state index >= 15 is 0 Å². The van der Waals surface area contributed by atoms with E-state index < -0.39 is 11.6 Å². The van der Waals surface area contributed by atoms with Crippen molar-refractivity contribution >= 4 is 0 Å². The van der Waals surface area contributed by atoms with Crippen LogP contribution in [-0.2, 0) is 0 Å². The summed E-state index contributed by atoms with van der Waals surface area (Å²) in [5.41, 5.74) is 0.398. The quantitative estimate of drug-likeness (QED) is 0.863. The predicted octanol–water partition coefficient (Wildman–Crippen LogP) is 2.99. The first-order chi connectivity index (χ1) is 8.11. The Morgan fingerprint density at radius 2 is 1.76 bits per heavy atom. The lowest BCUT2D eigenvalue weighted by atomic mass is 9.82. The number of hydrogen-bond donors (Lipinski definition) is 1. The first-order valence-electron chi connectivity index (χ1n) is 5.82. The maximum absolute atomic E-state index is 13.8. The van der Waals surface area contributed by atoms with Gasteiger partial charge in [-0.25, -0.2) is 8.78 Å². The zero-order chi connectivity index (χ0) is 12.4. The van der Waals surface area contributed by atoms with Crippen LogP contribution in [0.25, 0.3) is 0 Å². The molecule has 2 rings (SSSR count). The first kappa shape index (κ1) is 12.3. The van der Waals surface area contributed by atoms with E-state index in [4.69, 9.17) is 4.74 Å². The Morgan fingerprint density at radius 3 is 2.35 bits per heavy atom. The zero-order valence-corrected chi connectivity index (χ0v) is 9.75. The third-order valence-corrected chi connectivity index (χ3v) is 3.41. The lowest BCUT2D eigenvalue weighted by molar-refractivity contribution is 0.122. The van der Waals surface area contributed by atoms with E-state index in [1.165, 1.54) is 13.2 Å². The van der Waals surface area contributed by atoms with Gasteiger partial charge in [0.05, 0.1) is 13.2 Å². The standard InChI is InChI=1S/C13H16F2O2/c1-17-13-7-11(14)10(6-12(13)15)8-2-4-9(16)5-3-8/h6-9,16H,2-5H2,1H3. The SMILES string of the molecule is COc1cc(F)c(C2CCC(O)CC2)cc1F. The molecule has 17 heavy (non-hydrogen) atoms. The molecule has 1 aliphatic carbocycles. The number of aliphatic hydroxyl groups excluding tert-OH is 1. The Hall–Kier alpha value is -1.16. The summed E-state index contributed by atoms with van der Waals surface area (Å²) in [7, 11) is 1.31. The number of methoxy groups -OCH3 is 1. The molecule has 0 heterocycles. The Kier molecular flexibility index (Phi) is 3.62. The highest BCUT2D eigenvalue weighted by molar-refractivity contribution is 5.33. The number of hydrogen-bond acceptors (Lipinski definition) is 2. The van der Waals surface area contributed by atoms with Crippen LogP contribution in [0.15, 0.2) is 12.1 Å². The molecule has 0 saturated heterocycles. The van der Waals surface area contributed by atoms with Gasteiger partial charge in [-0.15, -0.1) is 0 Å². The molecule has 0 amide bonds. The normalized spacial score (nSPS) is 24.7. The van der Waals surface area contributed by atoms with E-state index in [1.54, 1.807) is 0 Å². The van der Waals surface area contributed by atoms with Gasteiger partial charge in [0, 0.05) is 6.07 Å². The van der Waals surface area contributed by atoms with Crippen LogP contribution < -0.4 is 4.74 Å². The summed E-state index contributed by atoms with van der Waals surface area (Å²) in [6.07, 6.45) is 2.40. The monoisotopic (exact) mass is 242 g/mol. The number of benzene rings is 1. The highest BCUT2D eigenvalue weighted by Gasteiger charge is 2.24. The molecule has 0 aliphatic heterocycles. The second-order valence-corrected chi connectivity index (χ2v) is 4.51. The summed E-state index contributed by atoms with van der Waals surface area (Å²) in [4.78, 5) is 0. The summed E-state index contributed by atoms with van der Waals surface area (Å²) in [5.74, 6) is -1.03. The van der Waals surface area contributed by atoms with Crippen molar-refractivity contribution in [3.8, 4) is 5.75 Å². The molecule has 94 valence electrons. The Bertz CT molecular complexity index is 399. The molecule has 4 heteroatoms. The van der Waals surface area contributed by atoms with Crippen molar-refractivity contribution in [2.24, 2.45) is 0 Å². The van der Waals surface area contributed by atoms with Crippen molar-refractivity contribution in [3.05, 3.63) is 29.3 Å². The number of ether oxygens (including phenoxy) is 1. The summed E-state index contributed by atoms with van der Waals surface area (Å²) in [5, 5.41) is 9.39. The Morgan fingerprint density at radius 1 is 1.12 bits per heavy atom. The number of halogens is 2. The minimum Gasteiger partial charge on any atom is -0.494 e. The van der Waals surface area contributed by atoms with Crippen LogP contribution in [0.4, 0.5) is 8.78 Å². The largest absolute Gasteiger partial charge is 0.494 e. The van der Waals surface area contributed by atoms with Crippen LogP contribution in [0.5, 0.6) is 5.75 Å². The van der Waals surface area contributed by atoms with Gasteiger partial charge < -0.3 is 9.84 Å². The first-order valence-corrected chi connectivity index (χ1v) is 5.82. The fourth-order valence-electron chi connectivity index (χ4n) is 2.40. The van der Waals surface area contributed by atoms with Crippen molar-refractivity contribution < 1.29 is 18.6 Å². The Balaban J connectivity index is 2.23. The molecule has 1 aliphatic rings. The molecule has 1 aromatic carbocycles. The third-order valence-electron chi connectivity index (χ3n) is 3.41. The molecule has 2 nitrogen and oxygen atoms in total. The van der Waals surface area contributed by atoms with E-state index in [2.05, 4.69) is 0 Å². The summed E-state index contributed by atoms with van der Waals surface area (Å²) >= 11 is 0. The Labute approximate surface area is 99.2 Å². The third kappa shape index (κ3) is 2.57. The predicted molar refractivity (Wildman–Crippen MR) is 60.1 cm³/mol. The van der Waals surface area contributed by atoms with Gasteiger partial charge in [0.25, 0.3) is 0 Å². The van der Waals surface area contributed by atoms with E-state index in [9.17, 15) is 13.9 Å². The van der Waals surface area contributed by atoms with Crippen molar-refractivity contribution in [2.45, 2.75) is 37.7 Å². The molecule has 0 bridgehead atoms. The lowest BCUT2D eigenvalue weighted by Crippen LogP contribution is -2.17. The number of rotatable bonds is 2. The highest BCUT2D eigenvalue weighted by Crippen LogP contribution is 2.36. The summed E-state index contributed by atoms with van der Waals surface area (Å²) < 4.78 is 32.0. The van der Waals surface area contributed by atoms with Gasteiger partial charge in [0.2, 0.25) is 0 Å². The van der Waals surface area contributed by atoms with Gasteiger partial charge in [-0.05, 0) is 43.2 Å². The molecule has 0 unspecified atom stereocenters.